The number of carbonyl (C=O) groups excluding carboxylic acids is 1. The predicted molar refractivity (Wildman–Crippen MR) is 103 cm³/mol. The fourth-order valence-electron chi connectivity index (χ4n) is 5.01. The molecule has 0 unspecified atom stereocenters. The van der Waals surface area contributed by atoms with Gasteiger partial charge in [0.25, 0.3) is 0 Å². The molecule has 3 heterocycles. The van der Waals surface area contributed by atoms with Crippen LogP contribution in [0, 0.1) is 0 Å². The van der Waals surface area contributed by atoms with Gasteiger partial charge < -0.3 is 19.5 Å². The van der Waals surface area contributed by atoms with Crippen LogP contribution in [0.15, 0.2) is 48.5 Å². The lowest BCUT2D eigenvalue weighted by Gasteiger charge is -2.32. The number of phenolic OH excluding ortho intramolecular Hbond substituents is 1. The number of hydrogen-bond donors (Lipinski definition) is 1. The molecular weight excluding hydrogens is 356 g/mol. The van der Waals surface area contributed by atoms with Crippen LogP contribution in [-0.4, -0.2) is 52.8 Å². The maximum Gasteiger partial charge on any atom is 0.226 e. The first-order valence-electron chi connectivity index (χ1n) is 9.74. The third-order valence-electron chi connectivity index (χ3n) is 6.34. The number of rotatable bonds is 4. The largest absolute Gasteiger partial charge is 0.504 e. The molecule has 2 aromatic rings. The molecule has 0 aromatic heterocycles. The molecule has 2 aromatic carbocycles. The van der Waals surface area contributed by atoms with Crippen molar-refractivity contribution in [3.63, 3.8) is 0 Å². The van der Waals surface area contributed by atoms with Gasteiger partial charge in [-0.15, -0.1) is 0 Å². The van der Waals surface area contributed by atoms with E-state index in [1.165, 1.54) is 7.11 Å². The first kappa shape index (κ1) is 17.5. The molecule has 1 amide bonds. The Morgan fingerprint density at radius 1 is 1.25 bits per heavy atom. The van der Waals surface area contributed by atoms with E-state index < -0.39 is 5.72 Å². The van der Waals surface area contributed by atoms with E-state index in [2.05, 4.69) is 17.0 Å². The van der Waals surface area contributed by atoms with E-state index in [1.807, 2.05) is 29.2 Å². The zero-order valence-corrected chi connectivity index (χ0v) is 15.9. The van der Waals surface area contributed by atoms with Crippen molar-refractivity contribution >= 4 is 5.91 Å². The number of methoxy groups -OCH3 is 1. The molecular formula is C22H24N2O4. The summed E-state index contributed by atoms with van der Waals surface area (Å²) in [5.41, 5.74) is 1.60. The molecule has 1 N–H and O–H groups in total. The van der Waals surface area contributed by atoms with Gasteiger partial charge in [0.2, 0.25) is 5.91 Å². The molecule has 3 atom stereocenters. The van der Waals surface area contributed by atoms with Crippen molar-refractivity contribution in [3.8, 4) is 11.5 Å². The summed E-state index contributed by atoms with van der Waals surface area (Å²) < 4.78 is 11.7. The normalized spacial score (nSPS) is 29.2. The summed E-state index contributed by atoms with van der Waals surface area (Å²) in [6.07, 6.45) is 1.23. The van der Waals surface area contributed by atoms with Crippen molar-refractivity contribution in [2.24, 2.45) is 0 Å². The fraction of sp³-hybridized carbons (Fsp3) is 0.409. The second kappa shape index (κ2) is 6.50. The Morgan fingerprint density at radius 3 is 2.82 bits per heavy atom. The molecule has 146 valence electrons. The minimum absolute atomic E-state index is 0.0398. The van der Waals surface area contributed by atoms with E-state index in [1.54, 1.807) is 12.1 Å². The van der Waals surface area contributed by atoms with Gasteiger partial charge in [-0.05, 0) is 23.3 Å². The van der Waals surface area contributed by atoms with Gasteiger partial charge in [-0.3, -0.25) is 9.69 Å². The van der Waals surface area contributed by atoms with Crippen molar-refractivity contribution < 1.29 is 19.4 Å². The molecule has 0 saturated carbocycles. The zero-order chi connectivity index (χ0) is 19.3. The summed E-state index contributed by atoms with van der Waals surface area (Å²) in [6.45, 7) is 2.16. The Labute approximate surface area is 164 Å². The molecule has 3 aliphatic heterocycles. The number of nitrogens with zero attached hydrogens (tertiary/aromatic N) is 2. The molecule has 3 saturated heterocycles. The highest BCUT2D eigenvalue weighted by atomic mass is 16.5. The van der Waals surface area contributed by atoms with Gasteiger partial charge in [0.15, 0.2) is 17.2 Å². The third kappa shape index (κ3) is 2.59. The Kier molecular flexibility index (Phi) is 4.07. The van der Waals surface area contributed by atoms with Crippen LogP contribution in [0.5, 0.6) is 11.5 Å². The molecule has 1 spiro atoms. The van der Waals surface area contributed by atoms with Crippen molar-refractivity contribution in [3.05, 3.63) is 59.7 Å². The van der Waals surface area contributed by atoms with Crippen LogP contribution in [0.25, 0.3) is 0 Å². The average molecular weight is 380 g/mol. The van der Waals surface area contributed by atoms with Crippen LogP contribution in [-0.2, 0) is 16.1 Å². The van der Waals surface area contributed by atoms with E-state index in [4.69, 9.17) is 9.47 Å². The maximum atomic E-state index is 12.7. The predicted octanol–water partition coefficient (Wildman–Crippen LogP) is 2.68. The maximum absolute atomic E-state index is 12.7. The topological polar surface area (TPSA) is 62.2 Å². The van der Waals surface area contributed by atoms with Crippen molar-refractivity contribution in [1.29, 1.82) is 0 Å². The number of likely N-dealkylation sites (tertiary alicyclic amines) is 1. The SMILES string of the molecule is COc1ccc(CN2CC[C@@]34O[C@@H](c5ccccc5)CN3C(=O)C[C@@H]24)cc1O. The molecule has 6 nitrogen and oxygen atoms in total. The van der Waals surface area contributed by atoms with Gasteiger partial charge in [-0.2, -0.15) is 0 Å². The number of benzene rings is 2. The lowest BCUT2D eigenvalue weighted by molar-refractivity contribution is -0.138. The van der Waals surface area contributed by atoms with Crippen LogP contribution in [0.1, 0.15) is 30.1 Å². The summed E-state index contributed by atoms with van der Waals surface area (Å²) in [6, 6.07) is 15.7. The summed E-state index contributed by atoms with van der Waals surface area (Å²) in [5.74, 6) is 0.777. The first-order chi connectivity index (χ1) is 13.6. The van der Waals surface area contributed by atoms with Gasteiger partial charge in [0.05, 0.1) is 19.7 Å². The number of amides is 1. The van der Waals surface area contributed by atoms with Gasteiger partial charge in [0.1, 0.15) is 6.10 Å². The quantitative estimate of drug-likeness (QED) is 0.884. The van der Waals surface area contributed by atoms with Gasteiger partial charge in [-0.25, -0.2) is 0 Å². The molecule has 28 heavy (non-hydrogen) atoms. The van der Waals surface area contributed by atoms with Crippen LogP contribution >= 0.6 is 0 Å². The Hall–Kier alpha value is -2.57. The minimum Gasteiger partial charge on any atom is -0.504 e. The van der Waals surface area contributed by atoms with Crippen LogP contribution in [0.2, 0.25) is 0 Å². The van der Waals surface area contributed by atoms with Crippen LogP contribution in [0.4, 0.5) is 0 Å². The van der Waals surface area contributed by atoms with Crippen LogP contribution in [0.3, 0.4) is 0 Å². The number of carbonyl (C=O) groups is 1. The first-order valence-corrected chi connectivity index (χ1v) is 9.74. The third-order valence-corrected chi connectivity index (χ3v) is 6.34. The van der Waals surface area contributed by atoms with E-state index in [9.17, 15) is 9.90 Å². The summed E-state index contributed by atoms with van der Waals surface area (Å²) >= 11 is 0. The fourth-order valence-corrected chi connectivity index (χ4v) is 5.01. The second-order valence-electron chi connectivity index (χ2n) is 7.81. The van der Waals surface area contributed by atoms with E-state index >= 15 is 0 Å². The molecule has 5 rings (SSSR count). The standard InChI is InChI=1S/C22H24N2O4/c1-27-18-8-7-15(11-17(18)25)13-23-10-9-22-20(23)12-21(26)24(22)14-19(28-22)16-5-3-2-4-6-16/h2-8,11,19-20,25H,9-10,12-14H2,1H3/t19-,20-,22+/m1/s1. The highest BCUT2D eigenvalue weighted by Crippen LogP contribution is 2.50. The Balaban J connectivity index is 1.38. The minimum atomic E-state index is -0.522. The van der Waals surface area contributed by atoms with Gasteiger partial charge in [0, 0.05) is 25.9 Å². The molecule has 6 heteroatoms. The Morgan fingerprint density at radius 2 is 2.07 bits per heavy atom. The molecule has 3 fully saturated rings. The summed E-state index contributed by atoms with van der Waals surface area (Å²) in [4.78, 5) is 17.0. The summed E-state index contributed by atoms with van der Waals surface area (Å²) in [5, 5.41) is 10.1. The van der Waals surface area contributed by atoms with Crippen molar-refractivity contribution in [1.82, 2.24) is 9.80 Å². The van der Waals surface area contributed by atoms with E-state index in [0.717, 1.165) is 24.1 Å². The lowest BCUT2D eigenvalue weighted by atomic mass is 10.1. The number of phenols is 1. The molecule has 3 aliphatic rings. The average Bonchev–Trinajstić information content (AvgIpc) is 3.32. The lowest BCUT2D eigenvalue weighted by Crippen LogP contribution is -2.47. The second-order valence-corrected chi connectivity index (χ2v) is 7.81. The molecule has 0 bridgehead atoms. The van der Waals surface area contributed by atoms with E-state index in [-0.39, 0.29) is 23.8 Å². The van der Waals surface area contributed by atoms with Crippen LogP contribution < -0.4 is 4.74 Å². The smallest absolute Gasteiger partial charge is 0.226 e. The number of ether oxygens (including phenoxy) is 2. The highest BCUT2D eigenvalue weighted by molar-refractivity contribution is 5.81. The molecule has 0 aliphatic carbocycles. The van der Waals surface area contributed by atoms with Crippen molar-refractivity contribution in [2.75, 3.05) is 20.2 Å². The number of hydrogen-bond acceptors (Lipinski definition) is 5. The van der Waals surface area contributed by atoms with E-state index in [0.29, 0.717) is 25.3 Å². The van der Waals surface area contributed by atoms with Gasteiger partial charge >= 0.3 is 0 Å². The molecule has 0 radical (unpaired) electrons. The highest BCUT2D eigenvalue weighted by Gasteiger charge is 2.63. The zero-order valence-electron chi connectivity index (χ0n) is 15.9. The van der Waals surface area contributed by atoms with Gasteiger partial charge in [-0.1, -0.05) is 36.4 Å². The van der Waals surface area contributed by atoms with Crippen molar-refractivity contribution in [2.45, 2.75) is 37.3 Å². The monoisotopic (exact) mass is 380 g/mol. The Bertz CT molecular complexity index is 903. The number of aromatic hydroxyl groups is 1. The summed E-state index contributed by atoms with van der Waals surface area (Å²) in [7, 11) is 1.54.